The van der Waals surface area contributed by atoms with Gasteiger partial charge in [0, 0.05) is 11.9 Å². The lowest BCUT2D eigenvalue weighted by Crippen LogP contribution is -1.90. The van der Waals surface area contributed by atoms with Gasteiger partial charge >= 0.3 is 0 Å². The van der Waals surface area contributed by atoms with Crippen molar-refractivity contribution in [3.63, 3.8) is 0 Å². The molecule has 0 amide bonds. The molecule has 9 heavy (non-hydrogen) atoms. The van der Waals surface area contributed by atoms with Crippen molar-refractivity contribution in [2.75, 3.05) is 0 Å². The summed E-state index contributed by atoms with van der Waals surface area (Å²) >= 11 is 3.38. The van der Waals surface area contributed by atoms with Crippen molar-refractivity contribution in [2.45, 2.75) is 19.8 Å². The Labute approximate surface area is 64.0 Å². The van der Waals surface area contributed by atoms with Crippen LogP contribution >= 0.6 is 16.1 Å². The maximum atomic E-state index is 3.38. The lowest BCUT2D eigenvalue weighted by Gasteiger charge is -2.02. The van der Waals surface area contributed by atoms with Gasteiger partial charge < -0.3 is 0 Å². The molecule has 1 aromatic rings. The summed E-state index contributed by atoms with van der Waals surface area (Å²) < 4.78 is 1.97. The van der Waals surface area contributed by atoms with Crippen LogP contribution < -0.4 is 0 Å². The maximum Gasteiger partial charge on any atom is 0.0542 e. The predicted octanol–water partition coefficient (Wildman–Crippen LogP) is 2.77. The van der Waals surface area contributed by atoms with E-state index in [2.05, 4.69) is 36.1 Å². The quantitative estimate of drug-likeness (QED) is 0.638. The van der Waals surface area contributed by atoms with Crippen molar-refractivity contribution in [3.8, 4) is 0 Å². The van der Waals surface area contributed by atoms with Crippen molar-refractivity contribution >= 4 is 16.1 Å². The van der Waals surface area contributed by atoms with Gasteiger partial charge in [0.15, 0.2) is 0 Å². The van der Waals surface area contributed by atoms with Crippen LogP contribution in [0, 0.1) is 0 Å². The van der Waals surface area contributed by atoms with Gasteiger partial charge in [0.1, 0.15) is 0 Å². The Bertz CT molecular complexity index is 191. The summed E-state index contributed by atoms with van der Waals surface area (Å²) in [5, 5.41) is 0. The zero-order chi connectivity index (χ0) is 6.85. The SMILES string of the molecule is CC(C)c1cccn1Br. The molecule has 0 radical (unpaired) electrons. The van der Waals surface area contributed by atoms with Gasteiger partial charge in [-0.05, 0) is 18.1 Å². The molecule has 0 atom stereocenters. The largest absolute Gasteiger partial charge is 0.288 e. The number of aromatic nitrogens is 1. The van der Waals surface area contributed by atoms with E-state index >= 15 is 0 Å². The fraction of sp³-hybridized carbons (Fsp3) is 0.429. The van der Waals surface area contributed by atoms with Crippen LogP contribution in [0.1, 0.15) is 25.5 Å². The number of nitrogens with zero attached hydrogens (tertiary/aromatic N) is 1. The van der Waals surface area contributed by atoms with Crippen molar-refractivity contribution < 1.29 is 0 Å². The third-order valence-corrected chi connectivity index (χ3v) is 1.97. The highest BCUT2D eigenvalue weighted by Crippen LogP contribution is 2.16. The lowest BCUT2D eigenvalue weighted by molar-refractivity contribution is 0.823. The molecule has 0 N–H and O–H groups in total. The van der Waals surface area contributed by atoms with Crippen LogP contribution in [0.15, 0.2) is 18.3 Å². The molecule has 0 bridgehead atoms. The van der Waals surface area contributed by atoms with Crippen molar-refractivity contribution in [3.05, 3.63) is 24.0 Å². The first-order chi connectivity index (χ1) is 4.22. The Kier molecular flexibility index (Phi) is 1.96. The van der Waals surface area contributed by atoms with E-state index in [1.807, 2.05) is 15.9 Å². The summed E-state index contributed by atoms with van der Waals surface area (Å²) in [6, 6.07) is 4.14. The smallest absolute Gasteiger partial charge is 0.0542 e. The van der Waals surface area contributed by atoms with Gasteiger partial charge in [-0.2, -0.15) is 0 Å². The number of hydrogen-bond acceptors (Lipinski definition) is 0. The van der Waals surface area contributed by atoms with Crippen LogP contribution in [-0.4, -0.2) is 3.59 Å². The third-order valence-electron chi connectivity index (χ3n) is 1.32. The van der Waals surface area contributed by atoms with Gasteiger partial charge in [-0.1, -0.05) is 13.8 Å². The van der Waals surface area contributed by atoms with E-state index in [0.717, 1.165) is 0 Å². The van der Waals surface area contributed by atoms with Crippen LogP contribution in [0.3, 0.4) is 0 Å². The molecule has 0 aliphatic carbocycles. The molecule has 0 aromatic carbocycles. The number of hydrogen-bond donors (Lipinski definition) is 0. The Balaban J connectivity index is 2.94. The van der Waals surface area contributed by atoms with Crippen molar-refractivity contribution in [2.24, 2.45) is 0 Å². The molecule has 1 nitrogen and oxygen atoms in total. The standard InChI is InChI=1S/C7H10BrN/c1-6(2)7-4-3-5-9(7)8/h3-6H,1-2H3. The van der Waals surface area contributed by atoms with Gasteiger partial charge in [-0.25, -0.2) is 0 Å². The molecule has 0 saturated carbocycles. The molecule has 50 valence electrons. The fourth-order valence-corrected chi connectivity index (χ4v) is 1.48. The Hall–Kier alpha value is -0.240. The Morgan fingerprint density at radius 3 is 2.44 bits per heavy atom. The number of rotatable bonds is 1. The van der Waals surface area contributed by atoms with Crippen LogP contribution in [0.5, 0.6) is 0 Å². The topological polar surface area (TPSA) is 4.93 Å². The minimum atomic E-state index is 0.597. The molecule has 2 heteroatoms. The van der Waals surface area contributed by atoms with E-state index in [1.165, 1.54) is 5.69 Å². The highest BCUT2D eigenvalue weighted by Gasteiger charge is 2.00. The summed E-state index contributed by atoms with van der Waals surface area (Å²) in [5.74, 6) is 0.597. The summed E-state index contributed by atoms with van der Waals surface area (Å²) in [7, 11) is 0. The van der Waals surface area contributed by atoms with Gasteiger partial charge in [0.05, 0.1) is 16.1 Å². The summed E-state index contributed by atoms with van der Waals surface area (Å²) in [5.41, 5.74) is 1.31. The van der Waals surface area contributed by atoms with Crippen molar-refractivity contribution in [1.29, 1.82) is 0 Å². The van der Waals surface area contributed by atoms with Crippen LogP contribution in [0.2, 0.25) is 0 Å². The highest BCUT2D eigenvalue weighted by atomic mass is 79.9. The molecule has 1 heterocycles. The van der Waals surface area contributed by atoms with Crippen LogP contribution in [-0.2, 0) is 0 Å². The first-order valence-corrected chi connectivity index (χ1v) is 3.76. The van der Waals surface area contributed by atoms with E-state index < -0.39 is 0 Å². The summed E-state index contributed by atoms with van der Waals surface area (Å²) in [4.78, 5) is 0. The second-order valence-corrected chi connectivity index (χ2v) is 3.16. The second kappa shape index (κ2) is 2.56. The molecule has 0 aliphatic heterocycles. The van der Waals surface area contributed by atoms with Crippen LogP contribution in [0.25, 0.3) is 0 Å². The molecular formula is C7H10BrN. The van der Waals surface area contributed by atoms with E-state index in [1.54, 1.807) is 0 Å². The average Bonchev–Trinajstić information content (AvgIpc) is 2.13. The van der Waals surface area contributed by atoms with E-state index in [4.69, 9.17) is 0 Å². The van der Waals surface area contributed by atoms with Crippen molar-refractivity contribution in [1.82, 2.24) is 3.59 Å². The first kappa shape index (κ1) is 6.87. The fourth-order valence-electron chi connectivity index (χ4n) is 0.814. The van der Waals surface area contributed by atoms with E-state index in [9.17, 15) is 0 Å². The van der Waals surface area contributed by atoms with Gasteiger partial charge in [0.25, 0.3) is 0 Å². The van der Waals surface area contributed by atoms with Crippen LogP contribution in [0.4, 0.5) is 0 Å². The molecule has 1 aromatic heterocycles. The van der Waals surface area contributed by atoms with Gasteiger partial charge in [-0.15, -0.1) is 0 Å². The number of halogens is 1. The second-order valence-electron chi connectivity index (χ2n) is 2.40. The molecule has 0 saturated heterocycles. The summed E-state index contributed by atoms with van der Waals surface area (Å²) in [6.07, 6.45) is 2.00. The minimum Gasteiger partial charge on any atom is -0.288 e. The zero-order valence-corrected chi connectivity index (χ0v) is 7.22. The lowest BCUT2D eigenvalue weighted by atomic mass is 10.1. The van der Waals surface area contributed by atoms with E-state index in [0.29, 0.717) is 5.92 Å². The minimum absolute atomic E-state index is 0.597. The maximum absolute atomic E-state index is 3.38. The molecule has 0 unspecified atom stereocenters. The monoisotopic (exact) mass is 187 g/mol. The molecule has 0 spiro atoms. The molecular weight excluding hydrogens is 178 g/mol. The molecule has 0 aliphatic rings. The first-order valence-electron chi connectivity index (χ1n) is 3.05. The Morgan fingerprint density at radius 1 is 1.56 bits per heavy atom. The summed E-state index contributed by atoms with van der Waals surface area (Å²) in [6.45, 7) is 4.35. The third kappa shape index (κ3) is 1.36. The van der Waals surface area contributed by atoms with Gasteiger partial charge in [-0.3, -0.25) is 3.59 Å². The predicted molar refractivity (Wildman–Crippen MR) is 42.8 cm³/mol. The molecule has 0 fully saturated rings. The highest BCUT2D eigenvalue weighted by molar-refractivity contribution is 9.08. The zero-order valence-electron chi connectivity index (χ0n) is 5.63. The van der Waals surface area contributed by atoms with E-state index in [-0.39, 0.29) is 0 Å². The average molecular weight is 188 g/mol. The van der Waals surface area contributed by atoms with Gasteiger partial charge in [0.2, 0.25) is 0 Å². The normalized spacial score (nSPS) is 10.7. The molecule has 1 rings (SSSR count). The Morgan fingerprint density at radius 2 is 2.22 bits per heavy atom.